The van der Waals surface area contributed by atoms with Crippen molar-refractivity contribution in [2.45, 2.75) is 26.5 Å². The summed E-state index contributed by atoms with van der Waals surface area (Å²) < 4.78 is 13.4. The summed E-state index contributed by atoms with van der Waals surface area (Å²) in [5, 5.41) is 0.677. The summed E-state index contributed by atoms with van der Waals surface area (Å²) in [7, 11) is 0. The molecule has 0 saturated heterocycles. The van der Waals surface area contributed by atoms with Gasteiger partial charge < -0.3 is 9.47 Å². The molecule has 8 heteroatoms. The van der Waals surface area contributed by atoms with Crippen molar-refractivity contribution < 1.29 is 14.3 Å². The lowest BCUT2D eigenvalue weighted by atomic mass is 9.96. The predicted octanol–water partition coefficient (Wildman–Crippen LogP) is 5.03. The minimum atomic E-state index is -0.623. The molecule has 5 rings (SSSR count). The molecule has 38 heavy (non-hydrogen) atoms. The number of benzene rings is 3. The molecule has 0 radical (unpaired) electrons. The van der Waals surface area contributed by atoms with E-state index in [0.717, 1.165) is 16.7 Å². The van der Waals surface area contributed by atoms with E-state index in [0.29, 0.717) is 38.0 Å². The molecule has 0 amide bonds. The Labute approximate surface area is 228 Å². The average Bonchev–Trinajstić information content (AvgIpc) is 3.22. The van der Waals surface area contributed by atoms with Crippen LogP contribution in [0.25, 0.3) is 6.08 Å². The summed E-state index contributed by atoms with van der Waals surface area (Å²) in [6.07, 6.45) is 1.82. The summed E-state index contributed by atoms with van der Waals surface area (Å²) in [6, 6.07) is 23.9. The van der Waals surface area contributed by atoms with Gasteiger partial charge in [-0.3, -0.25) is 9.36 Å². The lowest BCUT2D eigenvalue weighted by molar-refractivity contribution is -0.139. The van der Waals surface area contributed by atoms with E-state index in [1.54, 1.807) is 18.4 Å². The van der Waals surface area contributed by atoms with Crippen LogP contribution in [0.2, 0.25) is 5.02 Å². The van der Waals surface area contributed by atoms with E-state index < -0.39 is 12.0 Å². The summed E-state index contributed by atoms with van der Waals surface area (Å²) in [5.41, 5.74) is 3.33. The van der Waals surface area contributed by atoms with Crippen molar-refractivity contribution in [2.24, 2.45) is 4.99 Å². The Hall–Kier alpha value is -3.94. The van der Waals surface area contributed by atoms with Gasteiger partial charge in [0.05, 0.1) is 28.5 Å². The predicted molar refractivity (Wildman–Crippen MR) is 149 cm³/mol. The Morgan fingerprint density at radius 1 is 1.08 bits per heavy atom. The molecule has 0 bridgehead atoms. The highest BCUT2D eigenvalue weighted by molar-refractivity contribution is 7.07. The molecule has 0 N–H and O–H groups in total. The fourth-order valence-electron chi connectivity index (χ4n) is 4.34. The van der Waals surface area contributed by atoms with E-state index in [4.69, 9.17) is 21.1 Å². The molecule has 4 aromatic rings. The van der Waals surface area contributed by atoms with Crippen LogP contribution in [0.15, 0.2) is 99.9 Å². The van der Waals surface area contributed by atoms with Crippen LogP contribution < -0.4 is 19.6 Å². The first-order chi connectivity index (χ1) is 18.4. The first-order valence-electron chi connectivity index (χ1n) is 12.2. The molecular weight excluding hydrogens is 520 g/mol. The molecule has 6 nitrogen and oxygen atoms in total. The SMILES string of the molecule is CCOC(=O)C1=C(C)N=c2s/c(=C/c3cccc(OCc4ccc(Cl)cc4)c3)c(=O)n2[C@H]1c1ccccc1. The van der Waals surface area contributed by atoms with Crippen molar-refractivity contribution in [1.29, 1.82) is 0 Å². The van der Waals surface area contributed by atoms with E-state index in [-0.39, 0.29) is 12.2 Å². The highest BCUT2D eigenvalue weighted by atomic mass is 35.5. The van der Waals surface area contributed by atoms with E-state index in [1.807, 2.05) is 84.9 Å². The first-order valence-corrected chi connectivity index (χ1v) is 13.4. The molecule has 2 heterocycles. The maximum absolute atomic E-state index is 13.7. The number of aromatic nitrogens is 1. The zero-order valence-corrected chi connectivity index (χ0v) is 22.5. The molecule has 0 unspecified atom stereocenters. The van der Waals surface area contributed by atoms with Gasteiger partial charge in [-0.05, 0) is 60.9 Å². The third-order valence-corrected chi connectivity index (χ3v) is 7.34. The van der Waals surface area contributed by atoms with Crippen molar-refractivity contribution in [1.82, 2.24) is 4.57 Å². The molecule has 0 saturated carbocycles. The second-order valence-corrected chi connectivity index (χ2v) is 10.1. The lowest BCUT2D eigenvalue weighted by Crippen LogP contribution is -2.39. The van der Waals surface area contributed by atoms with Gasteiger partial charge in [0, 0.05) is 5.02 Å². The van der Waals surface area contributed by atoms with Gasteiger partial charge in [-0.25, -0.2) is 9.79 Å². The topological polar surface area (TPSA) is 69.9 Å². The lowest BCUT2D eigenvalue weighted by Gasteiger charge is -2.24. The zero-order chi connectivity index (χ0) is 26.6. The Balaban J connectivity index is 1.52. The number of rotatable bonds is 7. The van der Waals surface area contributed by atoms with Gasteiger partial charge in [-0.15, -0.1) is 0 Å². The maximum Gasteiger partial charge on any atom is 0.338 e. The smallest absolute Gasteiger partial charge is 0.338 e. The van der Waals surface area contributed by atoms with Crippen molar-refractivity contribution in [2.75, 3.05) is 6.61 Å². The minimum absolute atomic E-state index is 0.218. The van der Waals surface area contributed by atoms with E-state index in [9.17, 15) is 9.59 Å². The van der Waals surface area contributed by atoms with Crippen LogP contribution in [0.3, 0.4) is 0 Å². The van der Waals surface area contributed by atoms with E-state index >= 15 is 0 Å². The van der Waals surface area contributed by atoms with Crippen LogP contribution in [0.1, 0.15) is 36.6 Å². The largest absolute Gasteiger partial charge is 0.489 e. The molecular formula is C30H25ClN2O4S. The number of allylic oxidation sites excluding steroid dienone is 1. The summed E-state index contributed by atoms with van der Waals surface area (Å²) in [4.78, 5) is 31.8. The number of hydrogen-bond acceptors (Lipinski definition) is 6. The molecule has 0 aliphatic carbocycles. The number of ether oxygens (including phenoxy) is 2. The quantitative estimate of drug-likeness (QED) is 0.306. The number of hydrogen-bond donors (Lipinski definition) is 0. The number of esters is 1. The molecule has 1 aliphatic rings. The molecule has 1 atom stereocenters. The monoisotopic (exact) mass is 544 g/mol. The molecule has 192 valence electrons. The maximum atomic E-state index is 13.7. The van der Waals surface area contributed by atoms with Gasteiger partial charge in [0.25, 0.3) is 5.56 Å². The van der Waals surface area contributed by atoms with E-state index in [2.05, 4.69) is 4.99 Å². The molecule has 1 aromatic heterocycles. The van der Waals surface area contributed by atoms with Crippen LogP contribution in [0.4, 0.5) is 0 Å². The average molecular weight is 545 g/mol. The van der Waals surface area contributed by atoms with Crippen molar-refractivity contribution in [3.63, 3.8) is 0 Å². The van der Waals surface area contributed by atoms with Gasteiger partial charge in [0.2, 0.25) is 0 Å². The Morgan fingerprint density at radius 3 is 2.58 bits per heavy atom. The standard InChI is InChI=1S/C30H25ClN2O4S/c1-3-36-29(35)26-19(2)32-30-33(27(26)22-9-5-4-6-10-22)28(34)25(38-30)17-21-8-7-11-24(16-21)37-18-20-12-14-23(31)15-13-20/h4-17,27H,3,18H2,1-2H3/b25-17+/t27-/m0/s1. The summed E-state index contributed by atoms with van der Waals surface area (Å²) in [6.45, 7) is 4.17. The number of carbonyl (C=O) groups excluding carboxylic acids is 1. The van der Waals surface area contributed by atoms with E-state index in [1.165, 1.54) is 11.3 Å². The second-order valence-electron chi connectivity index (χ2n) is 8.70. The number of fused-ring (bicyclic) bond motifs is 1. The highest BCUT2D eigenvalue weighted by Gasteiger charge is 2.33. The molecule has 3 aromatic carbocycles. The molecule has 0 fully saturated rings. The van der Waals surface area contributed by atoms with Crippen LogP contribution in [0.5, 0.6) is 5.75 Å². The minimum Gasteiger partial charge on any atom is -0.489 e. The fraction of sp³-hybridized carbons (Fsp3) is 0.167. The second kappa shape index (κ2) is 11.2. The van der Waals surface area contributed by atoms with Crippen LogP contribution in [-0.4, -0.2) is 17.1 Å². The van der Waals surface area contributed by atoms with Crippen LogP contribution in [0, 0.1) is 0 Å². The number of nitrogens with zero attached hydrogens (tertiary/aromatic N) is 2. The number of thiazole rings is 1. The third-order valence-electron chi connectivity index (χ3n) is 6.11. The van der Waals surface area contributed by atoms with Crippen LogP contribution in [-0.2, 0) is 16.1 Å². The Kier molecular flexibility index (Phi) is 7.58. The number of halogens is 1. The Bertz CT molecular complexity index is 1690. The third kappa shape index (κ3) is 5.35. The van der Waals surface area contributed by atoms with Gasteiger partial charge >= 0.3 is 5.97 Å². The fourth-order valence-corrected chi connectivity index (χ4v) is 5.51. The normalized spacial score (nSPS) is 15.1. The van der Waals surface area contributed by atoms with Gasteiger partial charge in [-0.1, -0.05) is 77.5 Å². The first kappa shape index (κ1) is 25.7. The van der Waals surface area contributed by atoms with Crippen molar-refractivity contribution in [3.05, 3.63) is 132 Å². The highest BCUT2D eigenvalue weighted by Crippen LogP contribution is 2.30. The van der Waals surface area contributed by atoms with Gasteiger partial charge in [0.1, 0.15) is 12.4 Å². The summed E-state index contributed by atoms with van der Waals surface area (Å²) >= 11 is 7.26. The van der Waals surface area contributed by atoms with Crippen molar-refractivity contribution >= 4 is 35.0 Å². The van der Waals surface area contributed by atoms with Gasteiger partial charge in [0.15, 0.2) is 4.80 Å². The molecule has 1 aliphatic heterocycles. The zero-order valence-electron chi connectivity index (χ0n) is 20.9. The Morgan fingerprint density at radius 2 is 1.84 bits per heavy atom. The van der Waals surface area contributed by atoms with Crippen molar-refractivity contribution in [3.8, 4) is 5.75 Å². The number of carbonyl (C=O) groups is 1. The summed E-state index contributed by atoms with van der Waals surface area (Å²) in [5.74, 6) is 0.214. The van der Waals surface area contributed by atoms with Gasteiger partial charge in [-0.2, -0.15) is 0 Å². The molecule has 0 spiro atoms. The van der Waals surface area contributed by atoms with Crippen LogP contribution >= 0.6 is 22.9 Å².